The highest BCUT2D eigenvalue weighted by molar-refractivity contribution is 5.96. The van der Waals surface area contributed by atoms with Gasteiger partial charge in [0.25, 0.3) is 0 Å². The molecule has 0 aliphatic carbocycles. The van der Waals surface area contributed by atoms with Crippen molar-refractivity contribution in [1.82, 2.24) is 29.9 Å². The zero-order valence-electron chi connectivity index (χ0n) is 20.9. The summed E-state index contributed by atoms with van der Waals surface area (Å²) >= 11 is 0. The van der Waals surface area contributed by atoms with Crippen LogP contribution >= 0.6 is 0 Å². The maximum absolute atomic E-state index is 15.7. The van der Waals surface area contributed by atoms with E-state index in [1.807, 2.05) is 6.07 Å². The third-order valence-electron chi connectivity index (χ3n) is 7.19. The highest BCUT2D eigenvalue weighted by Crippen LogP contribution is 2.36. The number of urea groups is 1. The highest BCUT2D eigenvalue weighted by Gasteiger charge is 2.26. The molecule has 0 radical (unpaired) electrons. The zero-order chi connectivity index (χ0) is 25.5. The van der Waals surface area contributed by atoms with Crippen molar-refractivity contribution in [3.8, 4) is 16.9 Å². The molecule has 4 aromatic rings. The summed E-state index contributed by atoms with van der Waals surface area (Å²) in [7, 11) is 1.69. The van der Waals surface area contributed by atoms with E-state index in [1.165, 1.54) is 11.0 Å². The number of ether oxygens (including phenoxy) is 1. The van der Waals surface area contributed by atoms with Gasteiger partial charge in [0, 0.05) is 61.1 Å². The van der Waals surface area contributed by atoms with Crippen molar-refractivity contribution < 1.29 is 13.9 Å². The summed E-state index contributed by atoms with van der Waals surface area (Å²) in [6, 6.07) is 8.66. The van der Waals surface area contributed by atoms with E-state index in [4.69, 9.17) is 9.72 Å². The fraction of sp³-hybridized carbons (Fsp3) is 0.385. The minimum absolute atomic E-state index is 0.111. The van der Waals surface area contributed by atoms with Crippen molar-refractivity contribution in [2.24, 2.45) is 0 Å². The standard InChI is InChI=1S/C26H29FN8O2/c1-17-16-37-12-11-34(17)24-14-20(21-15-29-35(25(21)30-24)23-7-8-28-31-23)19-6-5-18(13-22(19)27)32(2)26(36)33-9-3-4-10-33/h5-8,13-15,17H,3-4,9-12,16H2,1-2H3,(H,28,31)/t17-/m1/s1. The molecule has 1 atom stereocenters. The van der Waals surface area contributed by atoms with Crippen LogP contribution in [0.15, 0.2) is 42.7 Å². The molecule has 5 heterocycles. The SMILES string of the molecule is C[C@@H]1COCCN1c1cc(-c2ccc(N(C)C(=O)N3CCCC3)cc2F)c2cnn(-c3cc[nH]n3)c2n1. The highest BCUT2D eigenvalue weighted by atomic mass is 19.1. The van der Waals surface area contributed by atoms with Gasteiger partial charge in [0.05, 0.1) is 25.5 Å². The fourth-order valence-electron chi connectivity index (χ4n) is 5.12. The summed E-state index contributed by atoms with van der Waals surface area (Å²) in [5.74, 6) is 0.901. The number of pyridine rings is 1. The second-order valence-electron chi connectivity index (χ2n) is 9.57. The summed E-state index contributed by atoms with van der Waals surface area (Å²) in [6.45, 7) is 5.42. The van der Waals surface area contributed by atoms with E-state index >= 15 is 4.39 Å². The molecule has 2 aliphatic rings. The van der Waals surface area contributed by atoms with Crippen LogP contribution in [0.2, 0.25) is 0 Å². The summed E-state index contributed by atoms with van der Waals surface area (Å²) in [6.07, 6.45) is 5.41. The van der Waals surface area contributed by atoms with Gasteiger partial charge in [-0.25, -0.2) is 14.2 Å². The molecule has 3 aromatic heterocycles. The lowest BCUT2D eigenvalue weighted by Crippen LogP contribution is -2.44. The first-order chi connectivity index (χ1) is 18.0. The number of nitrogens with zero attached hydrogens (tertiary/aromatic N) is 7. The minimum atomic E-state index is -0.417. The van der Waals surface area contributed by atoms with Gasteiger partial charge in [-0.15, -0.1) is 0 Å². The Labute approximate surface area is 213 Å². The number of carbonyl (C=O) groups is 1. The third kappa shape index (κ3) is 4.18. The Morgan fingerprint density at radius 2 is 1.97 bits per heavy atom. The van der Waals surface area contributed by atoms with E-state index in [-0.39, 0.29) is 12.1 Å². The van der Waals surface area contributed by atoms with Crippen LogP contribution in [0.4, 0.5) is 20.7 Å². The van der Waals surface area contributed by atoms with Gasteiger partial charge in [0.15, 0.2) is 11.5 Å². The largest absolute Gasteiger partial charge is 0.377 e. The van der Waals surface area contributed by atoms with Crippen LogP contribution in [0.25, 0.3) is 28.0 Å². The molecule has 0 unspecified atom stereocenters. The van der Waals surface area contributed by atoms with Gasteiger partial charge >= 0.3 is 6.03 Å². The number of hydrogen-bond acceptors (Lipinski definition) is 6. The monoisotopic (exact) mass is 504 g/mol. The molecule has 2 amide bonds. The Hall–Kier alpha value is -3.99. The lowest BCUT2D eigenvalue weighted by atomic mass is 10.0. The number of H-pyrrole nitrogens is 1. The smallest absolute Gasteiger partial charge is 0.324 e. The quantitative estimate of drug-likeness (QED) is 0.454. The normalized spacial score (nSPS) is 18.1. The second-order valence-corrected chi connectivity index (χ2v) is 9.57. The van der Waals surface area contributed by atoms with Gasteiger partial charge in [0.1, 0.15) is 11.6 Å². The lowest BCUT2D eigenvalue weighted by molar-refractivity contribution is 0.0985. The number of carbonyl (C=O) groups excluding carboxylic acids is 1. The van der Waals surface area contributed by atoms with Gasteiger partial charge in [-0.3, -0.25) is 10.00 Å². The van der Waals surface area contributed by atoms with E-state index in [2.05, 4.69) is 27.1 Å². The van der Waals surface area contributed by atoms with Crippen LogP contribution in [-0.4, -0.2) is 81.8 Å². The molecule has 2 aliphatic heterocycles. The van der Waals surface area contributed by atoms with E-state index in [1.54, 1.807) is 47.2 Å². The molecule has 6 rings (SSSR count). The second kappa shape index (κ2) is 9.47. The average Bonchev–Trinajstić information content (AvgIpc) is 3.69. The topological polar surface area (TPSA) is 95.4 Å². The molecule has 11 heteroatoms. The van der Waals surface area contributed by atoms with Crippen LogP contribution in [0, 0.1) is 5.82 Å². The Kier molecular flexibility index (Phi) is 5.99. The molecule has 2 fully saturated rings. The van der Waals surface area contributed by atoms with Crippen molar-refractivity contribution in [3.05, 3.63) is 48.5 Å². The molecule has 1 aromatic carbocycles. The third-order valence-corrected chi connectivity index (χ3v) is 7.19. The number of aromatic amines is 1. The number of halogens is 1. The Bertz CT molecular complexity index is 1430. The number of anilines is 2. The van der Waals surface area contributed by atoms with E-state index < -0.39 is 5.82 Å². The molecular weight excluding hydrogens is 475 g/mol. The minimum Gasteiger partial charge on any atom is -0.377 e. The molecule has 10 nitrogen and oxygen atoms in total. The number of amides is 2. The first-order valence-corrected chi connectivity index (χ1v) is 12.6. The van der Waals surface area contributed by atoms with Crippen LogP contribution in [0.5, 0.6) is 0 Å². The van der Waals surface area contributed by atoms with Crippen LogP contribution in [0.1, 0.15) is 19.8 Å². The van der Waals surface area contributed by atoms with Crippen LogP contribution < -0.4 is 9.80 Å². The van der Waals surface area contributed by atoms with Crippen LogP contribution in [-0.2, 0) is 4.74 Å². The van der Waals surface area contributed by atoms with E-state index in [0.717, 1.165) is 31.7 Å². The Morgan fingerprint density at radius 1 is 1.14 bits per heavy atom. The fourth-order valence-corrected chi connectivity index (χ4v) is 5.12. The van der Waals surface area contributed by atoms with Gasteiger partial charge < -0.3 is 14.5 Å². The van der Waals surface area contributed by atoms with Gasteiger partial charge in [-0.2, -0.15) is 14.9 Å². The van der Waals surface area contributed by atoms with E-state index in [9.17, 15) is 4.79 Å². The van der Waals surface area contributed by atoms with Gasteiger partial charge in [0.2, 0.25) is 0 Å². The number of rotatable bonds is 4. The predicted octanol–water partition coefficient (Wildman–Crippen LogP) is 3.83. The van der Waals surface area contributed by atoms with Crippen molar-refractivity contribution in [2.75, 3.05) is 49.7 Å². The van der Waals surface area contributed by atoms with Gasteiger partial charge in [-0.05, 0) is 44.0 Å². The first kappa shape index (κ1) is 23.4. The van der Waals surface area contributed by atoms with Crippen molar-refractivity contribution in [2.45, 2.75) is 25.8 Å². The number of morpholine rings is 1. The maximum atomic E-state index is 15.7. The van der Waals surface area contributed by atoms with Crippen molar-refractivity contribution >= 4 is 28.6 Å². The molecule has 37 heavy (non-hydrogen) atoms. The van der Waals surface area contributed by atoms with Crippen molar-refractivity contribution in [3.63, 3.8) is 0 Å². The molecular formula is C26H29FN8O2. The number of nitrogens with one attached hydrogen (secondary N) is 1. The molecule has 1 N–H and O–H groups in total. The van der Waals surface area contributed by atoms with Gasteiger partial charge in [-0.1, -0.05) is 0 Å². The Balaban J connectivity index is 1.44. The molecule has 0 bridgehead atoms. The summed E-state index contributed by atoms with van der Waals surface area (Å²) in [5, 5.41) is 12.3. The number of likely N-dealkylation sites (tertiary alicyclic amines) is 1. The Morgan fingerprint density at radius 3 is 2.70 bits per heavy atom. The molecule has 0 saturated carbocycles. The zero-order valence-corrected chi connectivity index (χ0v) is 20.9. The maximum Gasteiger partial charge on any atom is 0.324 e. The molecule has 2 saturated heterocycles. The number of benzene rings is 1. The lowest BCUT2D eigenvalue weighted by Gasteiger charge is -2.34. The van der Waals surface area contributed by atoms with E-state index in [0.29, 0.717) is 53.4 Å². The number of aromatic nitrogens is 5. The molecule has 0 spiro atoms. The first-order valence-electron chi connectivity index (χ1n) is 12.6. The summed E-state index contributed by atoms with van der Waals surface area (Å²) < 4.78 is 23.0. The summed E-state index contributed by atoms with van der Waals surface area (Å²) in [4.78, 5) is 23.3. The number of fused-ring (bicyclic) bond motifs is 1. The average molecular weight is 505 g/mol. The molecule has 192 valence electrons. The number of hydrogen-bond donors (Lipinski definition) is 1. The van der Waals surface area contributed by atoms with Crippen LogP contribution in [0.3, 0.4) is 0 Å². The summed E-state index contributed by atoms with van der Waals surface area (Å²) in [5.41, 5.74) is 2.20. The predicted molar refractivity (Wildman–Crippen MR) is 139 cm³/mol. The van der Waals surface area contributed by atoms with Crippen molar-refractivity contribution in [1.29, 1.82) is 0 Å².